The molecule has 2 saturated heterocycles. The first-order chi connectivity index (χ1) is 8.09. The Hall–Kier alpha value is -1.10. The van der Waals surface area contributed by atoms with E-state index in [2.05, 4.69) is 11.9 Å². The lowest BCUT2D eigenvalue weighted by Crippen LogP contribution is -2.53. The first kappa shape index (κ1) is 12.4. The standard InChI is InChI=1S/C12H21N3O2/c1-14-7-4-9(5-8-14)15-6-2-3-10(11(13)16)12(15)17/h9-10H,2-8H2,1H3,(H2,13,16). The van der Waals surface area contributed by atoms with Gasteiger partial charge in [-0.25, -0.2) is 0 Å². The number of nitrogens with zero attached hydrogens (tertiary/aromatic N) is 2. The minimum Gasteiger partial charge on any atom is -0.369 e. The Morgan fingerprint density at radius 2 is 1.88 bits per heavy atom. The van der Waals surface area contributed by atoms with Gasteiger partial charge in [-0.2, -0.15) is 0 Å². The molecule has 0 spiro atoms. The maximum absolute atomic E-state index is 12.2. The number of carbonyl (C=O) groups excluding carboxylic acids is 2. The molecule has 0 aromatic heterocycles. The van der Waals surface area contributed by atoms with Crippen LogP contribution in [0.3, 0.4) is 0 Å². The van der Waals surface area contributed by atoms with Gasteiger partial charge in [-0.05, 0) is 45.8 Å². The van der Waals surface area contributed by atoms with E-state index in [0.29, 0.717) is 12.5 Å². The molecule has 0 bridgehead atoms. The molecule has 17 heavy (non-hydrogen) atoms. The van der Waals surface area contributed by atoms with Crippen LogP contribution in [-0.2, 0) is 9.59 Å². The zero-order valence-electron chi connectivity index (χ0n) is 10.4. The van der Waals surface area contributed by atoms with Crippen molar-refractivity contribution in [1.82, 2.24) is 9.80 Å². The summed E-state index contributed by atoms with van der Waals surface area (Å²) in [6.45, 7) is 2.84. The van der Waals surface area contributed by atoms with Crippen molar-refractivity contribution < 1.29 is 9.59 Å². The fourth-order valence-corrected chi connectivity index (χ4v) is 2.83. The Kier molecular flexibility index (Phi) is 3.66. The Morgan fingerprint density at radius 3 is 2.47 bits per heavy atom. The van der Waals surface area contributed by atoms with E-state index in [-0.39, 0.29) is 5.91 Å². The number of rotatable bonds is 2. The summed E-state index contributed by atoms with van der Waals surface area (Å²) in [5.41, 5.74) is 5.28. The highest BCUT2D eigenvalue weighted by atomic mass is 16.2. The minimum absolute atomic E-state index is 0.0432. The van der Waals surface area contributed by atoms with Crippen molar-refractivity contribution in [2.24, 2.45) is 11.7 Å². The highest BCUT2D eigenvalue weighted by molar-refractivity contribution is 6.00. The Bertz CT molecular complexity index is 311. The summed E-state index contributed by atoms with van der Waals surface area (Å²) < 4.78 is 0. The summed E-state index contributed by atoms with van der Waals surface area (Å²) in [5.74, 6) is -1.09. The number of primary amides is 1. The molecular weight excluding hydrogens is 218 g/mol. The molecule has 2 aliphatic heterocycles. The lowest BCUT2D eigenvalue weighted by Gasteiger charge is -2.40. The van der Waals surface area contributed by atoms with Gasteiger partial charge in [0.05, 0.1) is 0 Å². The van der Waals surface area contributed by atoms with Crippen LogP contribution in [-0.4, -0.2) is 54.3 Å². The first-order valence-electron chi connectivity index (χ1n) is 6.38. The van der Waals surface area contributed by atoms with Crippen LogP contribution in [0.4, 0.5) is 0 Å². The average molecular weight is 239 g/mol. The highest BCUT2D eigenvalue weighted by Gasteiger charge is 2.36. The molecule has 0 saturated carbocycles. The Balaban J connectivity index is 2.00. The first-order valence-corrected chi connectivity index (χ1v) is 6.38. The van der Waals surface area contributed by atoms with E-state index in [0.717, 1.165) is 38.9 Å². The summed E-state index contributed by atoms with van der Waals surface area (Å²) in [4.78, 5) is 27.5. The van der Waals surface area contributed by atoms with Gasteiger partial charge in [0.15, 0.2) is 0 Å². The van der Waals surface area contributed by atoms with Crippen molar-refractivity contribution in [2.75, 3.05) is 26.7 Å². The van der Waals surface area contributed by atoms with Crippen LogP contribution >= 0.6 is 0 Å². The summed E-state index contributed by atoms with van der Waals surface area (Å²) in [6, 6.07) is 0.306. The minimum atomic E-state index is -0.580. The van der Waals surface area contributed by atoms with Crippen molar-refractivity contribution in [3.05, 3.63) is 0 Å². The molecule has 0 aliphatic carbocycles. The van der Waals surface area contributed by atoms with E-state index in [4.69, 9.17) is 5.73 Å². The van der Waals surface area contributed by atoms with Gasteiger partial charge in [-0.1, -0.05) is 0 Å². The fourth-order valence-electron chi connectivity index (χ4n) is 2.83. The van der Waals surface area contributed by atoms with Gasteiger partial charge in [0.25, 0.3) is 0 Å². The summed E-state index contributed by atoms with van der Waals surface area (Å²) in [6.07, 6.45) is 3.53. The summed E-state index contributed by atoms with van der Waals surface area (Å²) in [5, 5.41) is 0. The molecule has 0 aromatic rings. The predicted octanol–water partition coefficient (Wildman–Crippen LogP) is -0.195. The predicted molar refractivity (Wildman–Crippen MR) is 64.2 cm³/mol. The number of hydrogen-bond donors (Lipinski definition) is 1. The molecule has 2 rings (SSSR count). The molecular formula is C12H21N3O2. The van der Waals surface area contributed by atoms with Crippen molar-refractivity contribution in [2.45, 2.75) is 31.7 Å². The van der Waals surface area contributed by atoms with Crippen LogP contribution in [0.1, 0.15) is 25.7 Å². The van der Waals surface area contributed by atoms with Gasteiger partial charge in [0.2, 0.25) is 11.8 Å². The molecule has 2 aliphatic rings. The molecule has 96 valence electrons. The lowest BCUT2D eigenvalue weighted by atomic mass is 9.93. The number of hydrogen-bond acceptors (Lipinski definition) is 3. The fraction of sp³-hybridized carbons (Fsp3) is 0.833. The van der Waals surface area contributed by atoms with Crippen molar-refractivity contribution in [3.63, 3.8) is 0 Å². The largest absolute Gasteiger partial charge is 0.369 e. The van der Waals surface area contributed by atoms with E-state index in [1.807, 2.05) is 4.90 Å². The smallest absolute Gasteiger partial charge is 0.235 e. The van der Waals surface area contributed by atoms with Crippen LogP contribution in [0.5, 0.6) is 0 Å². The Morgan fingerprint density at radius 1 is 1.24 bits per heavy atom. The van der Waals surface area contributed by atoms with Crippen LogP contribution < -0.4 is 5.73 Å². The Labute approximate surface area is 102 Å². The number of nitrogens with two attached hydrogens (primary N) is 1. The van der Waals surface area contributed by atoms with Gasteiger partial charge in [-0.3, -0.25) is 9.59 Å². The van der Waals surface area contributed by atoms with Crippen molar-refractivity contribution in [3.8, 4) is 0 Å². The third kappa shape index (κ3) is 2.60. The molecule has 1 unspecified atom stereocenters. The molecule has 2 amide bonds. The molecule has 0 radical (unpaired) electrons. The average Bonchev–Trinajstić information content (AvgIpc) is 2.30. The van der Waals surface area contributed by atoms with Gasteiger partial charge in [0, 0.05) is 12.6 Å². The van der Waals surface area contributed by atoms with Crippen LogP contribution in [0.2, 0.25) is 0 Å². The molecule has 5 nitrogen and oxygen atoms in total. The molecule has 1 atom stereocenters. The third-order valence-corrected chi connectivity index (χ3v) is 3.95. The second-order valence-corrected chi connectivity index (χ2v) is 5.16. The highest BCUT2D eigenvalue weighted by Crippen LogP contribution is 2.24. The summed E-state index contributed by atoms with van der Waals surface area (Å²) >= 11 is 0. The monoisotopic (exact) mass is 239 g/mol. The molecule has 2 heterocycles. The lowest BCUT2D eigenvalue weighted by molar-refractivity contribution is -0.146. The second kappa shape index (κ2) is 5.04. The molecule has 0 aromatic carbocycles. The normalized spacial score (nSPS) is 28.4. The third-order valence-electron chi connectivity index (χ3n) is 3.95. The number of amides is 2. The van der Waals surface area contributed by atoms with E-state index < -0.39 is 11.8 Å². The number of piperidine rings is 2. The summed E-state index contributed by atoms with van der Waals surface area (Å²) in [7, 11) is 2.10. The van der Waals surface area contributed by atoms with Crippen LogP contribution in [0.15, 0.2) is 0 Å². The maximum atomic E-state index is 12.2. The van der Waals surface area contributed by atoms with E-state index in [1.165, 1.54) is 0 Å². The zero-order chi connectivity index (χ0) is 12.4. The van der Waals surface area contributed by atoms with Crippen molar-refractivity contribution in [1.29, 1.82) is 0 Å². The molecule has 2 N–H and O–H groups in total. The van der Waals surface area contributed by atoms with Gasteiger partial charge in [-0.15, -0.1) is 0 Å². The SMILES string of the molecule is CN1CCC(N2CCCC(C(N)=O)C2=O)CC1. The second-order valence-electron chi connectivity index (χ2n) is 5.16. The van der Waals surface area contributed by atoms with Gasteiger partial charge in [0.1, 0.15) is 5.92 Å². The quantitative estimate of drug-likeness (QED) is 0.679. The zero-order valence-corrected chi connectivity index (χ0v) is 10.4. The van der Waals surface area contributed by atoms with E-state index >= 15 is 0 Å². The van der Waals surface area contributed by atoms with E-state index in [1.54, 1.807) is 0 Å². The van der Waals surface area contributed by atoms with Gasteiger partial charge >= 0.3 is 0 Å². The van der Waals surface area contributed by atoms with Gasteiger partial charge < -0.3 is 15.5 Å². The van der Waals surface area contributed by atoms with Crippen LogP contribution in [0, 0.1) is 5.92 Å². The van der Waals surface area contributed by atoms with Crippen molar-refractivity contribution >= 4 is 11.8 Å². The molecule has 2 fully saturated rings. The maximum Gasteiger partial charge on any atom is 0.235 e. The number of likely N-dealkylation sites (tertiary alicyclic amines) is 2. The number of carbonyl (C=O) groups is 2. The topological polar surface area (TPSA) is 66.6 Å². The van der Waals surface area contributed by atoms with Crippen LogP contribution in [0.25, 0.3) is 0 Å². The molecule has 5 heteroatoms. The van der Waals surface area contributed by atoms with E-state index in [9.17, 15) is 9.59 Å².